The molecule has 25 heavy (non-hydrogen) atoms. The molecule has 3 aliphatic rings. The molecule has 9 heteroatoms. The molecule has 1 aromatic carbocycles. The highest BCUT2D eigenvalue weighted by molar-refractivity contribution is 8.16. The number of halogens is 1. The summed E-state index contributed by atoms with van der Waals surface area (Å²) in [6.45, 7) is 0. The number of benzene rings is 1. The molecule has 3 fully saturated rings. The molecule has 1 aromatic rings. The van der Waals surface area contributed by atoms with Gasteiger partial charge in [-0.3, -0.25) is 4.79 Å². The average molecular weight is 401 g/mol. The van der Waals surface area contributed by atoms with E-state index in [1.54, 1.807) is 25.3 Å². The average Bonchev–Trinajstić information content (AvgIpc) is 3.28. The van der Waals surface area contributed by atoms with Crippen molar-refractivity contribution in [3.05, 3.63) is 23.2 Å². The number of hydrogen-bond donors (Lipinski definition) is 0. The van der Waals surface area contributed by atoms with Gasteiger partial charge < -0.3 is 9.64 Å². The number of sulfone groups is 1. The molecular weight excluding hydrogens is 384 g/mol. The second-order valence-corrected chi connectivity index (χ2v) is 10.3. The summed E-state index contributed by atoms with van der Waals surface area (Å²) in [5, 5.41) is 0.916. The Hall–Kier alpha value is -1.25. The Kier molecular flexibility index (Phi) is 4.24. The molecule has 6 nitrogen and oxygen atoms in total. The minimum atomic E-state index is -3.11. The molecule has 0 aromatic heterocycles. The van der Waals surface area contributed by atoms with Crippen LogP contribution in [0.2, 0.25) is 5.02 Å². The molecule has 2 unspecified atom stereocenters. The summed E-state index contributed by atoms with van der Waals surface area (Å²) < 4.78 is 29.6. The van der Waals surface area contributed by atoms with Crippen molar-refractivity contribution in [1.82, 2.24) is 0 Å². The Labute approximate surface area is 155 Å². The summed E-state index contributed by atoms with van der Waals surface area (Å²) in [6.07, 6.45) is 1.75. The van der Waals surface area contributed by atoms with Crippen molar-refractivity contribution in [2.45, 2.75) is 24.1 Å². The zero-order valence-corrected chi connectivity index (χ0v) is 15.9. The van der Waals surface area contributed by atoms with Crippen LogP contribution in [0.3, 0.4) is 0 Å². The molecule has 0 radical (unpaired) electrons. The van der Waals surface area contributed by atoms with Crippen LogP contribution < -0.4 is 9.64 Å². The first-order valence-electron chi connectivity index (χ1n) is 8.00. The second-order valence-electron chi connectivity index (χ2n) is 6.49. The van der Waals surface area contributed by atoms with Crippen LogP contribution in [0.5, 0.6) is 5.75 Å². The third kappa shape index (κ3) is 3.27. The van der Waals surface area contributed by atoms with E-state index in [1.807, 2.05) is 4.90 Å². The number of hydrogen-bond acceptors (Lipinski definition) is 5. The number of anilines is 1. The van der Waals surface area contributed by atoms with Crippen LogP contribution in [0.1, 0.15) is 12.8 Å². The first-order chi connectivity index (χ1) is 11.9. The van der Waals surface area contributed by atoms with Crippen molar-refractivity contribution >= 4 is 50.0 Å². The van der Waals surface area contributed by atoms with E-state index in [1.165, 1.54) is 11.8 Å². The molecule has 0 N–H and O–H groups in total. The molecule has 2 atom stereocenters. The van der Waals surface area contributed by atoms with E-state index in [9.17, 15) is 13.2 Å². The summed E-state index contributed by atoms with van der Waals surface area (Å²) in [7, 11) is -1.56. The summed E-state index contributed by atoms with van der Waals surface area (Å²) >= 11 is 7.51. The molecule has 2 heterocycles. The highest BCUT2D eigenvalue weighted by Gasteiger charge is 2.50. The van der Waals surface area contributed by atoms with Gasteiger partial charge in [-0.2, -0.15) is 4.99 Å². The number of nitrogens with zero attached hydrogens (tertiary/aromatic N) is 2. The summed E-state index contributed by atoms with van der Waals surface area (Å²) in [4.78, 5) is 18.3. The van der Waals surface area contributed by atoms with E-state index in [-0.39, 0.29) is 34.6 Å². The lowest BCUT2D eigenvalue weighted by Crippen LogP contribution is -2.38. The van der Waals surface area contributed by atoms with Gasteiger partial charge >= 0.3 is 0 Å². The first-order valence-corrected chi connectivity index (χ1v) is 11.1. The van der Waals surface area contributed by atoms with Gasteiger partial charge in [0.25, 0.3) is 5.91 Å². The quantitative estimate of drug-likeness (QED) is 0.775. The third-order valence-corrected chi connectivity index (χ3v) is 8.04. The van der Waals surface area contributed by atoms with Gasteiger partial charge in [0.05, 0.1) is 30.3 Å². The maximum absolute atomic E-state index is 12.2. The van der Waals surface area contributed by atoms with Crippen molar-refractivity contribution < 1.29 is 17.9 Å². The lowest BCUT2D eigenvalue weighted by Gasteiger charge is -2.26. The van der Waals surface area contributed by atoms with Crippen LogP contribution in [0.4, 0.5) is 5.69 Å². The van der Waals surface area contributed by atoms with Crippen LogP contribution in [-0.2, 0) is 14.6 Å². The van der Waals surface area contributed by atoms with E-state index in [0.717, 1.165) is 12.8 Å². The fraction of sp³-hybridized carbons (Fsp3) is 0.500. The standard InChI is InChI=1S/C16H17ClN2O4S2/c1-23-13-5-4-10(17)6-11(13)19-12-7-25(21,22)8-14(12)24-16(19)18-15(20)9-2-3-9/h4-6,9,12,14H,2-3,7-8H2,1H3. The van der Waals surface area contributed by atoms with Crippen molar-refractivity contribution in [3.8, 4) is 5.75 Å². The van der Waals surface area contributed by atoms with Crippen molar-refractivity contribution in [1.29, 1.82) is 0 Å². The predicted octanol–water partition coefficient (Wildman–Crippen LogP) is 2.36. The fourth-order valence-corrected chi connectivity index (χ4v) is 7.29. The highest BCUT2D eigenvalue weighted by Crippen LogP contribution is 2.45. The zero-order valence-electron chi connectivity index (χ0n) is 13.5. The minimum Gasteiger partial charge on any atom is -0.495 e. The molecule has 2 saturated heterocycles. The monoisotopic (exact) mass is 400 g/mol. The SMILES string of the molecule is COc1ccc(Cl)cc1N1C(=NC(=O)C2CC2)SC2CS(=O)(=O)CC21. The van der Waals surface area contributed by atoms with Crippen molar-refractivity contribution in [2.24, 2.45) is 10.9 Å². The smallest absolute Gasteiger partial charge is 0.251 e. The molecule has 0 spiro atoms. The number of carbonyl (C=O) groups excluding carboxylic acids is 1. The molecule has 1 saturated carbocycles. The number of amides is 1. The van der Waals surface area contributed by atoms with Crippen molar-refractivity contribution in [2.75, 3.05) is 23.5 Å². The van der Waals surface area contributed by atoms with Gasteiger partial charge in [-0.25, -0.2) is 8.42 Å². The highest BCUT2D eigenvalue weighted by atomic mass is 35.5. The number of carbonyl (C=O) groups is 1. The maximum atomic E-state index is 12.2. The Morgan fingerprint density at radius 3 is 2.80 bits per heavy atom. The Balaban J connectivity index is 1.78. The molecule has 2 aliphatic heterocycles. The van der Waals surface area contributed by atoms with E-state index in [0.29, 0.717) is 21.6 Å². The summed E-state index contributed by atoms with van der Waals surface area (Å²) in [6, 6.07) is 4.90. The number of amidine groups is 1. The van der Waals surface area contributed by atoms with Crippen LogP contribution in [0, 0.1) is 5.92 Å². The maximum Gasteiger partial charge on any atom is 0.251 e. The number of methoxy groups -OCH3 is 1. The normalized spacial score (nSPS) is 29.0. The van der Waals surface area contributed by atoms with Crippen LogP contribution in [0.25, 0.3) is 0 Å². The lowest BCUT2D eigenvalue weighted by molar-refractivity contribution is -0.118. The largest absolute Gasteiger partial charge is 0.495 e. The first kappa shape index (κ1) is 17.2. The second kappa shape index (κ2) is 6.17. The summed E-state index contributed by atoms with van der Waals surface area (Å²) in [5.74, 6) is 0.591. The van der Waals surface area contributed by atoms with Crippen LogP contribution >= 0.6 is 23.4 Å². The molecule has 0 bridgehead atoms. The summed E-state index contributed by atoms with van der Waals surface area (Å²) in [5.41, 5.74) is 0.648. The lowest BCUT2D eigenvalue weighted by atomic mass is 10.2. The van der Waals surface area contributed by atoms with Crippen LogP contribution in [0.15, 0.2) is 23.2 Å². The number of aliphatic imine (C=N–C) groups is 1. The molecule has 4 rings (SSSR count). The molecule has 1 amide bonds. The van der Waals surface area contributed by atoms with E-state index >= 15 is 0 Å². The Morgan fingerprint density at radius 1 is 1.36 bits per heavy atom. The van der Waals surface area contributed by atoms with Gasteiger partial charge in [0.15, 0.2) is 15.0 Å². The minimum absolute atomic E-state index is 0.0142. The van der Waals surface area contributed by atoms with Crippen molar-refractivity contribution in [3.63, 3.8) is 0 Å². The van der Waals surface area contributed by atoms with Gasteiger partial charge in [0, 0.05) is 16.2 Å². The van der Waals surface area contributed by atoms with Gasteiger partial charge in [0.1, 0.15) is 5.75 Å². The van der Waals surface area contributed by atoms with Gasteiger partial charge in [-0.1, -0.05) is 23.4 Å². The van der Waals surface area contributed by atoms with Crippen LogP contribution in [-0.4, -0.2) is 49.4 Å². The van der Waals surface area contributed by atoms with Gasteiger partial charge in [-0.05, 0) is 31.0 Å². The van der Waals surface area contributed by atoms with E-state index < -0.39 is 9.84 Å². The number of rotatable bonds is 3. The van der Waals surface area contributed by atoms with Gasteiger partial charge in [0.2, 0.25) is 0 Å². The third-order valence-electron chi connectivity index (χ3n) is 4.60. The van der Waals surface area contributed by atoms with E-state index in [4.69, 9.17) is 16.3 Å². The molecule has 1 aliphatic carbocycles. The van der Waals surface area contributed by atoms with E-state index in [2.05, 4.69) is 4.99 Å². The molecular formula is C16H17ClN2O4S2. The predicted molar refractivity (Wildman–Crippen MR) is 99.5 cm³/mol. The van der Waals surface area contributed by atoms with Gasteiger partial charge in [-0.15, -0.1) is 0 Å². The number of thioether (sulfide) groups is 1. The zero-order chi connectivity index (χ0) is 17.8. The Morgan fingerprint density at radius 2 is 2.12 bits per heavy atom. The Bertz CT molecular complexity index is 867. The topological polar surface area (TPSA) is 76.0 Å². The molecule has 134 valence electrons. The number of ether oxygens (including phenoxy) is 1. The number of fused-ring (bicyclic) bond motifs is 1. The fourth-order valence-electron chi connectivity index (χ4n) is 3.21.